The van der Waals surface area contributed by atoms with E-state index in [1.807, 2.05) is 36.4 Å². The van der Waals surface area contributed by atoms with Crippen molar-refractivity contribution in [1.82, 2.24) is 10.3 Å². The number of rotatable bonds is 4. The molecular weight excluding hydrogens is 411 g/mol. The Hall–Kier alpha value is -1.85. The summed E-state index contributed by atoms with van der Waals surface area (Å²) in [6.45, 7) is 7.19. The number of fused-ring (bicyclic) bond motifs is 2. The third-order valence-corrected chi connectivity index (χ3v) is 5.67. The fraction of sp³-hybridized carbons (Fsp3) is 0.227. The van der Waals surface area contributed by atoms with Gasteiger partial charge in [-0.05, 0) is 74.2 Å². The summed E-state index contributed by atoms with van der Waals surface area (Å²) in [6.07, 6.45) is 0. The van der Waals surface area contributed by atoms with E-state index in [1.54, 1.807) is 0 Å². The van der Waals surface area contributed by atoms with Gasteiger partial charge in [-0.3, -0.25) is 0 Å². The van der Waals surface area contributed by atoms with Gasteiger partial charge in [-0.2, -0.15) is 0 Å². The van der Waals surface area contributed by atoms with Gasteiger partial charge in [-0.1, -0.05) is 40.6 Å². The van der Waals surface area contributed by atoms with Gasteiger partial charge in [0.1, 0.15) is 5.75 Å². The van der Waals surface area contributed by atoms with E-state index >= 15 is 0 Å². The average Bonchev–Trinajstić information content (AvgIpc) is 3.01. The molecule has 1 heterocycles. The molecule has 28 heavy (non-hydrogen) atoms. The Morgan fingerprint density at radius 2 is 1.75 bits per heavy atom. The molecule has 0 saturated carbocycles. The lowest BCUT2D eigenvalue weighted by Gasteiger charge is -2.21. The molecule has 0 saturated heterocycles. The SMILES string of the molecule is CC(C)(C)NCc1cc(Oc2nc3cc(Cl)ccc3s2)c2cc(Cl)ccc2c1. The third kappa shape index (κ3) is 4.41. The second-order valence-corrected chi connectivity index (χ2v) is 9.62. The topological polar surface area (TPSA) is 34.1 Å². The van der Waals surface area contributed by atoms with Crippen molar-refractivity contribution in [2.45, 2.75) is 32.9 Å². The van der Waals surface area contributed by atoms with E-state index in [2.05, 4.69) is 43.2 Å². The van der Waals surface area contributed by atoms with Crippen LogP contribution < -0.4 is 10.1 Å². The van der Waals surface area contributed by atoms with Crippen LogP contribution in [0.5, 0.6) is 10.9 Å². The zero-order valence-electron chi connectivity index (χ0n) is 15.8. The maximum atomic E-state index is 6.24. The standard InChI is InChI=1S/C22H20Cl2N2OS/c1-22(2,3)25-12-13-8-14-4-5-15(23)10-17(14)19(9-13)27-21-26-18-11-16(24)6-7-20(18)28-21/h4-11,25H,12H2,1-3H3. The Morgan fingerprint density at radius 3 is 2.54 bits per heavy atom. The van der Waals surface area contributed by atoms with Crippen molar-refractivity contribution in [3.63, 3.8) is 0 Å². The van der Waals surface area contributed by atoms with Crippen molar-refractivity contribution in [3.05, 3.63) is 64.1 Å². The number of thiazole rings is 1. The van der Waals surface area contributed by atoms with Gasteiger partial charge in [0.25, 0.3) is 5.19 Å². The van der Waals surface area contributed by atoms with Crippen molar-refractivity contribution < 1.29 is 4.74 Å². The molecule has 0 radical (unpaired) electrons. The molecule has 0 aliphatic heterocycles. The maximum Gasteiger partial charge on any atom is 0.279 e. The van der Waals surface area contributed by atoms with Gasteiger partial charge in [0.05, 0.1) is 10.2 Å². The van der Waals surface area contributed by atoms with E-state index in [9.17, 15) is 0 Å². The summed E-state index contributed by atoms with van der Waals surface area (Å²) in [6, 6.07) is 15.7. The first-order valence-corrected chi connectivity index (χ1v) is 10.6. The molecule has 0 atom stereocenters. The van der Waals surface area contributed by atoms with Crippen LogP contribution in [0.4, 0.5) is 0 Å². The number of benzene rings is 3. The number of nitrogens with zero attached hydrogens (tertiary/aromatic N) is 1. The highest BCUT2D eigenvalue weighted by Gasteiger charge is 2.13. The predicted molar refractivity (Wildman–Crippen MR) is 120 cm³/mol. The van der Waals surface area contributed by atoms with Crippen molar-refractivity contribution in [2.24, 2.45) is 0 Å². The zero-order chi connectivity index (χ0) is 19.9. The molecule has 0 bridgehead atoms. The third-order valence-electron chi connectivity index (χ3n) is 4.29. The summed E-state index contributed by atoms with van der Waals surface area (Å²) < 4.78 is 7.26. The van der Waals surface area contributed by atoms with Gasteiger partial charge >= 0.3 is 0 Å². The quantitative estimate of drug-likeness (QED) is 0.365. The lowest BCUT2D eigenvalue weighted by molar-refractivity contribution is 0.423. The van der Waals surface area contributed by atoms with Crippen LogP contribution in [0.25, 0.3) is 21.0 Å². The molecule has 4 aromatic rings. The fourth-order valence-electron chi connectivity index (χ4n) is 2.93. The van der Waals surface area contributed by atoms with Gasteiger partial charge < -0.3 is 10.1 Å². The average molecular weight is 431 g/mol. The van der Waals surface area contributed by atoms with Crippen LogP contribution in [0.15, 0.2) is 48.5 Å². The van der Waals surface area contributed by atoms with Crippen LogP contribution in [-0.2, 0) is 6.54 Å². The van der Waals surface area contributed by atoms with Crippen LogP contribution in [0, 0.1) is 0 Å². The lowest BCUT2D eigenvalue weighted by atomic mass is 10.0. The number of aromatic nitrogens is 1. The maximum absolute atomic E-state index is 6.24. The monoisotopic (exact) mass is 430 g/mol. The minimum Gasteiger partial charge on any atom is -0.430 e. The minimum absolute atomic E-state index is 0.0300. The molecule has 0 spiro atoms. The first kappa shape index (κ1) is 19.5. The molecule has 0 amide bonds. The molecular formula is C22H20Cl2N2OS. The Labute approximate surface area is 178 Å². The minimum atomic E-state index is 0.0300. The molecule has 3 aromatic carbocycles. The molecule has 4 rings (SSSR count). The smallest absolute Gasteiger partial charge is 0.279 e. The number of hydrogen-bond donors (Lipinski definition) is 1. The highest BCUT2D eigenvalue weighted by Crippen LogP contribution is 2.37. The second kappa shape index (κ2) is 7.53. The van der Waals surface area contributed by atoms with Crippen LogP contribution in [0.2, 0.25) is 10.0 Å². The molecule has 3 nitrogen and oxygen atoms in total. The molecule has 0 aliphatic carbocycles. The van der Waals surface area contributed by atoms with Crippen LogP contribution in [0.3, 0.4) is 0 Å². The van der Waals surface area contributed by atoms with Gasteiger partial charge in [0.2, 0.25) is 0 Å². The Bertz CT molecular complexity index is 1160. The summed E-state index contributed by atoms with van der Waals surface area (Å²) in [5.41, 5.74) is 2.01. The molecule has 1 aromatic heterocycles. The second-order valence-electron chi connectivity index (χ2n) is 7.76. The lowest BCUT2D eigenvalue weighted by Crippen LogP contribution is -2.35. The van der Waals surface area contributed by atoms with E-state index in [1.165, 1.54) is 11.3 Å². The van der Waals surface area contributed by atoms with Gasteiger partial charge in [-0.15, -0.1) is 0 Å². The van der Waals surface area contributed by atoms with Crippen LogP contribution in [0.1, 0.15) is 26.3 Å². The van der Waals surface area contributed by atoms with Gasteiger partial charge in [0.15, 0.2) is 0 Å². The van der Waals surface area contributed by atoms with Crippen LogP contribution in [-0.4, -0.2) is 10.5 Å². The predicted octanol–water partition coefficient (Wildman–Crippen LogP) is 7.44. The highest BCUT2D eigenvalue weighted by molar-refractivity contribution is 7.20. The number of ether oxygens (including phenoxy) is 1. The van der Waals surface area contributed by atoms with Gasteiger partial charge in [0, 0.05) is 27.5 Å². The summed E-state index contributed by atoms with van der Waals surface area (Å²) in [4.78, 5) is 4.58. The highest BCUT2D eigenvalue weighted by atomic mass is 35.5. The zero-order valence-corrected chi connectivity index (χ0v) is 18.2. The summed E-state index contributed by atoms with van der Waals surface area (Å²) >= 11 is 13.8. The van der Waals surface area contributed by atoms with Crippen LogP contribution >= 0.6 is 34.5 Å². The van der Waals surface area contributed by atoms with Crippen molar-refractivity contribution in [3.8, 4) is 10.9 Å². The Morgan fingerprint density at radius 1 is 1.00 bits per heavy atom. The van der Waals surface area contributed by atoms with E-state index in [0.29, 0.717) is 15.2 Å². The number of hydrogen-bond acceptors (Lipinski definition) is 4. The largest absolute Gasteiger partial charge is 0.430 e. The first-order chi connectivity index (χ1) is 13.3. The van der Waals surface area contributed by atoms with E-state index in [0.717, 1.165) is 38.8 Å². The molecule has 1 N–H and O–H groups in total. The van der Waals surface area contributed by atoms with Crippen molar-refractivity contribution >= 4 is 55.5 Å². The molecule has 0 unspecified atom stereocenters. The summed E-state index contributed by atoms with van der Waals surface area (Å²) in [5, 5.41) is 7.49. The van der Waals surface area contributed by atoms with E-state index < -0.39 is 0 Å². The van der Waals surface area contributed by atoms with Gasteiger partial charge in [-0.25, -0.2) is 4.98 Å². The van der Waals surface area contributed by atoms with Crippen molar-refractivity contribution in [1.29, 1.82) is 0 Å². The number of nitrogens with one attached hydrogen (secondary N) is 1. The fourth-order valence-corrected chi connectivity index (χ4v) is 4.07. The van der Waals surface area contributed by atoms with Crippen molar-refractivity contribution in [2.75, 3.05) is 0 Å². The first-order valence-electron chi connectivity index (χ1n) is 8.98. The molecule has 0 fully saturated rings. The van der Waals surface area contributed by atoms with E-state index in [4.69, 9.17) is 27.9 Å². The van der Waals surface area contributed by atoms with E-state index in [-0.39, 0.29) is 5.54 Å². The number of halogens is 2. The normalized spacial score (nSPS) is 12.0. The molecule has 6 heteroatoms. The Kier molecular flexibility index (Phi) is 5.23. The Balaban J connectivity index is 1.75. The summed E-state index contributed by atoms with van der Waals surface area (Å²) in [7, 11) is 0. The summed E-state index contributed by atoms with van der Waals surface area (Å²) in [5.74, 6) is 0.746. The molecule has 144 valence electrons. The molecule has 0 aliphatic rings.